The lowest BCUT2D eigenvalue weighted by atomic mass is 10.1. The van der Waals surface area contributed by atoms with Crippen LogP contribution < -0.4 is 5.73 Å². The Morgan fingerprint density at radius 3 is 2.45 bits per heavy atom. The molecule has 0 fully saturated rings. The Balaban J connectivity index is 2.45. The predicted octanol–water partition coefficient (Wildman–Crippen LogP) is 1.74. The number of benzene rings is 1. The first-order valence-electron chi connectivity index (χ1n) is 3.82. The summed E-state index contributed by atoms with van der Waals surface area (Å²) < 4.78 is 0. The smallest absolute Gasteiger partial charge is 0.0106 e. The van der Waals surface area contributed by atoms with E-state index in [4.69, 9.17) is 5.73 Å². The monoisotopic (exact) mass is 147 g/mol. The average molecular weight is 147 g/mol. The summed E-state index contributed by atoms with van der Waals surface area (Å²) in [5.74, 6) is 0. The van der Waals surface area contributed by atoms with E-state index in [1.165, 1.54) is 5.56 Å². The molecule has 0 aliphatic carbocycles. The Kier molecular flexibility index (Phi) is 3.42. The van der Waals surface area contributed by atoms with E-state index in [2.05, 4.69) is 18.2 Å². The number of nitrogens with two attached hydrogens (primary N) is 1. The van der Waals surface area contributed by atoms with Gasteiger partial charge in [-0.3, -0.25) is 0 Å². The molecule has 0 aliphatic heterocycles. The van der Waals surface area contributed by atoms with Crippen molar-refractivity contribution < 1.29 is 0 Å². The maximum Gasteiger partial charge on any atom is 0.0106 e. The van der Waals surface area contributed by atoms with Crippen molar-refractivity contribution in [2.45, 2.75) is 6.42 Å². The molecule has 0 saturated carbocycles. The Morgan fingerprint density at radius 2 is 1.82 bits per heavy atom. The first kappa shape index (κ1) is 8.02. The van der Waals surface area contributed by atoms with Crippen LogP contribution in [0.5, 0.6) is 0 Å². The molecule has 1 aromatic rings. The molecule has 0 heterocycles. The summed E-state index contributed by atoms with van der Waals surface area (Å²) in [5.41, 5.74) is 6.64. The molecule has 1 rings (SSSR count). The van der Waals surface area contributed by atoms with E-state index in [0.717, 1.165) is 6.42 Å². The summed E-state index contributed by atoms with van der Waals surface area (Å²) >= 11 is 0. The molecule has 0 amide bonds. The third kappa shape index (κ3) is 3.01. The van der Waals surface area contributed by atoms with Gasteiger partial charge in [0.15, 0.2) is 0 Å². The lowest BCUT2D eigenvalue weighted by Gasteiger charge is -1.92. The lowest BCUT2D eigenvalue weighted by Crippen LogP contribution is -1.92. The van der Waals surface area contributed by atoms with Crippen molar-refractivity contribution in [3.63, 3.8) is 0 Å². The molecular weight excluding hydrogens is 134 g/mol. The van der Waals surface area contributed by atoms with Crippen LogP contribution in [0.3, 0.4) is 0 Å². The summed E-state index contributed by atoms with van der Waals surface area (Å²) in [6.45, 7) is 0.632. The van der Waals surface area contributed by atoms with Crippen molar-refractivity contribution in [3.05, 3.63) is 48.0 Å². The summed E-state index contributed by atoms with van der Waals surface area (Å²) in [5, 5.41) is 0. The predicted molar refractivity (Wildman–Crippen MR) is 48.3 cm³/mol. The van der Waals surface area contributed by atoms with Crippen molar-refractivity contribution in [2.24, 2.45) is 5.73 Å². The Bertz CT molecular complexity index is 214. The maximum absolute atomic E-state index is 5.31. The summed E-state index contributed by atoms with van der Waals surface area (Å²) in [4.78, 5) is 0. The number of allylic oxidation sites excluding steroid dienone is 1. The lowest BCUT2D eigenvalue weighted by molar-refractivity contribution is 1.20. The highest BCUT2D eigenvalue weighted by molar-refractivity contribution is 5.17. The van der Waals surface area contributed by atoms with E-state index >= 15 is 0 Å². The van der Waals surface area contributed by atoms with E-state index < -0.39 is 0 Å². The fraction of sp³-hybridized carbons (Fsp3) is 0.200. The summed E-state index contributed by atoms with van der Waals surface area (Å²) in [7, 11) is 0. The van der Waals surface area contributed by atoms with Gasteiger partial charge >= 0.3 is 0 Å². The second kappa shape index (κ2) is 4.69. The quantitative estimate of drug-likeness (QED) is 0.647. The van der Waals surface area contributed by atoms with Gasteiger partial charge in [-0.2, -0.15) is 0 Å². The summed E-state index contributed by atoms with van der Waals surface area (Å²) in [6, 6.07) is 10.3. The molecule has 2 N–H and O–H groups in total. The molecule has 11 heavy (non-hydrogen) atoms. The van der Waals surface area contributed by atoms with Crippen LogP contribution in [0.1, 0.15) is 5.56 Å². The molecule has 0 unspecified atom stereocenters. The van der Waals surface area contributed by atoms with Crippen molar-refractivity contribution in [3.8, 4) is 0 Å². The highest BCUT2D eigenvalue weighted by Crippen LogP contribution is 1.99. The minimum absolute atomic E-state index is 0.632. The van der Waals surface area contributed by atoms with E-state index in [9.17, 15) is 0 Å². The Hall–Kier alpha value is -1.08. The largest absolute Gasteiger partial charge is 0.327 e. The van der Waals surface area contributed by atoms with Gasteiger partial charge in [-0.1, -0.05) is 42.5 Å². The minimum atomic E-state index is 0.632. The van der Waals surface area contributed by atoms with Gasteiger partial charge in [-0.05, 0) is 12.0 Å². The molecule has 0 spiro atoms. The van der Waals surface area contributed by atoms with Gasteiger partial charge in [-0.25, -0.2) is 0 Å². The van der Waals surface area contributed by atoms with Crippen LogP contribution in [0.4, 0.5) is 0 Å². The SMILES string of the molecule is NC/C=C/Cc1ccccc1. The zero-order valence-electron chi connectivity index (χ0n) is 6.53. The maximum atomic E-state index is 5.31. The highest BCUT2D eigenvalue weighted by atomic mass is 14.5. The molecule has 58 valence electrons. The van der Waals surface area contributed by atoms with Crippen LogP contribution in [0.15, 0.2) is 42.5 Å². The minimum Gasteiger partial charge on any atom is -0.327 e. The third-order valence-electron chi connectivity index (χ3n) is 1.50. The van der Waals surface area contributed by atoms with Crippen molar-refractivity contribution in [1.29, 1.82) is 0 Å². The third-order valence-corrected chi connectivity index (χ3v) is 1.50. The molecule has 0 aliphatic rings. The van der Waals surface area contributed by atoms with E-state index in [-0.39, 0.29) is 0 Å². The normalized spacial score (nSPS) is 10.6. The highest BCUT2D eigenvalue weighted by Gasteiger charge is 1.83. The van der Waals surface area contributed by atoms with Crippen LogP contribution in [0.25, 0.3) is 0 Å². The fourth-order valence-corrected chi connectivity index (χ4v) is 0.930. The molecule has 0 saturated heterocycles. The zero-order valence-corrected chi connectivity index (χ0v) is 6.53. The number of rotatable bonds is 3. The molecule has 1 nitrogen and oxygen atoms in total. The number of hydrogen-bond acceptors (Lipinski definition) is 1. The zero-order chi connectivity index (χ0) is 7.94. The van der Waals surface area contributed by atoms with Gasteiger partial charge in [0.1, 0.15) is 0 Å². The van der Waals surface area contributed by atoms with Gasteiger partial charge < -0.3 is 5.73 Å². The van der Waals surface area contributed by atoms with Gasteiger partial charge in [0.05, 0.1) is 0 Å². The Labute approximate surface area is 67.5 Å². The standard InChI is InChI=1S/C10H13N/c11-9-5-4-8-10-6-2-1-3-7-10/h1-7H,8-9,11H2/b5-4+. The molecule has 1 aromatic carbocycles. The second-order valence-corrected chi connectivity index (χ2v) is 2.40. The van der Waals surface area contributed by atoms with Crippen molar-refractivity contribution in [1.82, 2.24) is 0 Å². The van der Waals surface area contributed by atoms with E-state index in [1.807, 2.05) is 24.3 Å². The van der Waals surface area contributed by atoms with Gasteiger partial charge in [0, 0.05) is 6.54 Å². The first-order valence-corrected chi connectivity index (χ1v) is 3.82. The molecule has 1 heteroatoms. The molecule has 0 atom stereocenters. The molecular formula is C10H13N. The van der Waals surface area contributed by atoms with Gasteiger partial charge in [-0.15, -0.1) is 0 Å². The van der Waals surface area contributed by atoms with E-state index in [0.29, 0.717) is 6.54 Å². The average Bonchev–Trinajstić information content (AvgIpc) is 2.07. The fourth-order valence-electron chi connectivity index (χ4n) is 0.930. The van der Waals surface area contributed by atoms with Crippen molar-refractivity contribution >= 4 is 0 Å². The second-order valence-electron chi connectivity index (χ2n) is 2.40. The molecule has 0 aromatic heterocycles. The topological polar surface area (TPSA) is 26.0 Å². The molecule has 0 bridgehead atoms. The first-order chi connectivity index (χ1) is 5.43. The Morgan fingerprint density at radius 1 is 1.09 bits per heavy atom. The van der Waals surface area contributed by atoms with Crippen LogP contribution >= 0.6 is 0 Å². The van der Waals surface area contributed by atoms with Crippen LogP contribution in [0.2, 0.25) is 0 Å². The number of hydrogen-bond donors (Lipinski definition) is 1. The van der Waals surface area contributed by atoms with Gasteiger partial charge in [0.25, 0.3) is 0 Å². The summed E-state index contributed by atoms with van der Waals surface area (Å²) in [6.07, 6.45) is 5.06. The molecule has 0 radical (unpaired) electrons. The van der Waals surface area contributed by atoms with Crippen LogP contribution in [-0.2, 0) is 6.42 Å². The van der Waals surface area contributed by atoms with E-state index in [1.54, 1.807) is 0 Å². The van der Waals surface area contributed by atoms with Gasteiger partial charge in [0.2, 0.25) is 0 Å². The van der Waals surface area contributed by atoms with Crippen LogP contribution in [-0.4, -0.2) is 6.54 Å². The van der Waals surface area contributed by atoms with Crippen molar-refractivity contribution in [2.75, 3.05) is 6.54 Å². The van der Waals surface area contributed by atoms with Crippen LogP contribution in [0, 0.1) is 0 Å².